The zero-order valence-corrected chi connectivity index (χ0v) is 18.2. The van der Waals surface area contributed by atoms with Crippen LogP contribution in [-0.2, 0) is 14.3 Å². The second-order valence-electron chi connectivity index (χ2n) is 7.86. The predicted molar refractivity (Wildman–Crippen MR) is 119 cm³/mol. The third kappa shape index (κ3) is 4.70. The molecule has 4 rings (SSSR count). The summed E-state index contributed by atoms with van der Waals surface area (Å²) in [5, 5.41) is 11.5. The van der Waals surface area contributed by atoms with Crippen LogP contribution in [0.3, 0.4) is 0 Å². The van der Waals surface area contributed by atoms with Crippen molar-refractivity contribution < 1.29 is 23.8 Å². The van der Waals surface area contributed by atoms with E-state index in [0.29, 0.717) is 36.8 Å². The van der Waals surface area contributed by atoms with Gasteiger partial charge in [0.05, 0.1) is 24.8 Å². The Hall–Kier alpha value is -2.74. The minimum Gasteiger partial charge on any atom is -0.507 e. The maximum Gasteiger partial charge on any atom is 0.295 e. The number of hydrogen-bond donors (Lipinski definition) is 1. The van der Waals surface area contributed by atoms with Crippen molar-refractivity contribution in [1.82, 2.24) is 9.80 Å². The summed E-state index contributed by atoms with van der Waals surface area (Å²) in [4.78, 5) is 29.7. The highest BCUT2D eigenvalue weighted by molar-refractivity contribution is 6.46. The van der Waals surface area contributed by atoms with E-state index in [1.807, 2.05) is 0 Å². The van der Waals surface area contributed by atoms with Crippen LogP contribution in [0.4, 0.5) is 4.39 Å². The molecule has 2 aliphatic rings. The summed E-state index contributed by atoms with van der Waals surface area (Å²) >= 11 is 6.03. The van der Waals surface area contributed by atoms with E-state index >= 15 is 0 Å². The Morgan fingerprint density at radius 2 is 1.69 bits per heavy atom. The SMILES string of the molecule is O=C1C(=O)N(CCCN2CCOCC2)[C@@H](c2ccc(Cl)cc2)/C1=C(\O)c1ccc(F)cc1. The molecule has 2 aliphatic heterocycles. The summed E-state index contributed by atoms with van der Waals surface area (Å²) in [6.07, 6.45) is 0.674. The molecule has 0 aromatic heterocycles. The van der Waals surface area contributed by atoms with E-state index in [9.17, 15) is 19.1 Å². The molecule has 32 heavy (non-hydrogen) atoms. The van der Waals surface area contributed by atoms with Gasteiger partial charge in [-0.2, -0.15) is 0 Å². The molecular weight excluding hydrogens is 435 g/mol. The van der Waals surface area contributed by atoms with E-state index in [1.165, 1.54) is 29.2 Å². The number of aliphatic hydroxyl groups excluding tert-OH is 1. The van der Waals surface area contributed by atoms with Crippen molar-refractivity contribution in [2.75, 3.05) is 39.4 Å². The normalized spacial score (nSPS) is 21.3. The van der Waals surface area contributed by atoms with Crippen LogP contribution in [0.25, 0.3) is 5.76 Å². The Kier molecular flexibility index (Phi) is 6.89. The van der Waals surface area contributed by atoms with Crippen molar-refractivity contribution in [2.45, 2.75) is 12.5 Å². The lowest BCUT2D eigenvalue weighted by molar-refractivity contribution is -0.140. The number of ether oxygens (including phenoxy) is 1. The van der Waals surface area contributed by atoms with Crippen LogP contribution in [-0.4, -0.2) is 66.0 Å². The number of hydrogen-bond acceptors (Lipinski definition) is 5. The van der Waals surface area contributed by atoms with Gasteiger partial charge < -0.3 is 14.7 Å². The number of benzene rings is 2. The molecule has 2 aromatic rings. The number of amides is 1. The highest BCUT2D eigenvalue weighted by Crippen LogP contribution is 2.39. The quantitative estimate of drug-likeness (QED) is 0.407. The van der Waals surface area contributed by atoms with Gasteiger partial charge >= 0.3 is 0 Å². The van der Waals surface area contributed by atoms with Crippen molar-refractivity contribution in [3.8, 4) is 0 Å². The summed E-state index contributed by atoms with van der Waals surface area (Å²) in [5.74, 6) is -2.19. The van der Waals surface area contributed by atoms with Gasteiger partial charge in [0.15, 0.2) is 0 Å². The van der Waals surface area contributed by atoms with Gasteiger partial charge in [0, 0.05) is 36.8 Å². The molecule has 1 atom stereocenters. The lowest BCUT2D eigenvalue weighted by Crippen LogP contribution is -2.38. The van der Waals surface area contributed by atoms with Crippen molar-refractivity contribution in [3.63, 3.8) is 0 Å². The van der Waals surface area contributed by atoms with Gasteiger partial charge in [-0.1, -0.05) is 23.7 Å². The number of likely N-dealkylation sites (tertiary alicyclic amines) is 1. The fraction of sp³-hybridized carbons (Fsp3) is 0.333. The number of Topliss-reactive ketones (excluding diaryl/α,β-unsaturated/α-hetero) is 1. The van der Waals surface area contributed by atoms with Crippen LogP contribution in [0.1, 0.15) is 23.6 Å². The number of nitrogens with zero attached hydrogens (tertiary/aromatic N) is 2. The molecule has 0 saturated carbocycles. The second-order valence-corrected chi connectivity index (χ2v) is 8.29. The van der Waals surface area contributed by atoms with Crippen molar-refractivity contribution in [3.05, 3.63) is 76.1 Å². The van der Waals surface area contributed by atoms with E-state index in [1.54, 1.807) is 24.3 Å². The average Bonchev–Trinajstić information content (AvgIpc) is 3.05. The van der Waals surface area contributed by atoms with Gasteiger partial charge in [-0.3, -0.25) is 14.5 Å². The molecule has 2 aromatic carbocycles. The number of carbonyl (C=O) groups excluding carboxylic acids is 2. The molecule has 8 heteroatoms. The van der Waals surface area contributed by atoms with Crippen LogP contribution >= 0.6 is 11.6 Å². The molecule has 0 radical (unpaired) electrons. The lowest BCUT2D eigenvalue weighted by atomic mass is 9.95. The van der Waals surface area contributed by atoms with Gasteiger partial charge in [-0.05, 0) is 48.4 Å². The van der Waals surface area contributed by atoms with E-state index in [4.69, 9.17) is 16.3 Å². The molecule has 6 nitrogen and oxygen atoms in total. The van der Waals surface area contributed by atoms with Crippen LogP contribution in [0.15, 0.2) is 54.1 Å². The van der Waals surface area contributed by atoms with Gasteiger partial charge in [-0.15, -0.1) is 0 Å². The zero-order chi connectivity index (χ0) is 22.7. The van der Waals surface area contributed by atoms with Crippen molar-refractivity contribution in [2.24, 2.45) is 0 Å². The molecule has 0 aliphatic carbocycles. The highest BCUT2D eigenvalue weighted by Gasteiger charge is 2.45. The maximum atomic E-state index is 13.3. The summed E-state index contributed by atoms with van der Waals surface area (Å²) in [6.45, 7) is 4.18. The van der Waals surface area contributed by atoms with E-state index in [0.717, 1.165) is 19.6 Å². The number of aliphatic hydroxyl groups is 1. The molecule has 0 bridgehead atoms. The van der Waals surface area contributed by atoms with E-state index in [2.05, 4.69) is 4.90 Å². The topological polar surface area (TPSA) is 70.1 Å². The van der Waals surface area contributed by atoms with E-state index < -0.39 is 23.5 Å². The Morgan fingerprint density at radius 1 is 1.03 bits per heavy atom. The average molecular weight is 459 g/mol. The molecule has 2 saturated heterocycles. The van der Waals surface area contributed by atoms with Crippen LogP contribution in [0.5, 0.6) is 0 Å². The first-order valence-corrected chi connectivity index (χ1v) is 10.9. The summed E-state index contributed by atoms with van der Waals surface area (Å²) in [7, 11) is 0. The van der Waals surface area contributed by atoms with Crippen molar-refractivity contribution in [1.29, 1.82) is 0 Å². The monoisotopic (exact) mass is 458 g/mol. The Bertz CT molecular complexity index is 1020. The molecule has 0 spiro atoms. The zero-order valence-electron chi connectivity index (χ0n) is 17.5. The largest absolute Gasteiger partial charge is 0.507 e. The summed E-state index contributed by atoms with van der Waals surface area (Å²) in [5.41, 5.74) is 0.940. The molecule has 1 N–H and O–H groups in total. The number of morpholine rings is 1. The molecular formula is C24H24ClFN2O4. The first-order chi connectivity index (χ1) is 15.5. The molecule has 2 heterocycles. The maximum absolute atomic E-state index is 13.3. The third-order valence-corrected chi connectivity index (χ3v) is 6.07. The van der Waals surface area contributed by atoms with Crippen LogP contribution in [0, 0.1) is 5.82 Å². The Balaban J connectivity index is 1.66. The second kappa shape index (κ2) is 9.81. The Labute approximate surface area is 190 Å². The van der Waals surface area contributed by atoms with Gasteiger partial charge in [0.25, 0.3) is 11.7 Å². The lowest BCUT2D eigenvalue weighted by Gasteiger charge is -2.29. The fourth-order valence-electron chi connectivity index (χ4n) is 4.15. The van der Waals surface area contributed by atoms with Crippen LogP contribution in [0.2, 0.25) is 5.02 Å². The van der Waals surface area contributed by atoms with Crippen molar-refractivity contribution >= 4 is 29.1 Å². The molecule has 0 unspecified atom stereocenters. The number of halogens is 2. The van der Waals surface area contributed by atoms with Gasteiger partial charge in [0.2, 0.25) is 0 Å². The minimum atomic E-state index is -0.752. The van der Waals surface area contributed by atoms with Crippen LogP contribution < -0.4 is 0 Å². The number of rotatable bonds is 6. The Morgan fingerprint density at radius 3 is 2.34 bits per heavy atom. The highest BCUT2D eigenvalue weighted by atomic mass is 35.5. The minimum absolute atomic E-state index is 0.00435. The van der Waals surface area contributed by atoms with Gasteiger partial charge in [0.1, 0.15) is 11.6 Å². The summed E-state index contributed by atoms with van der Waals surface area (Å²) in [6, 6.07) is 11.3. The van der Waals surface area contributed by atoms with Gasteiger partial charge in [-0.25, -0.2) is 4.39 Å². The standard InChI is InChI=1S/C24H24ClFN2O4/c25-18-6-2-16(3-7-18)21-20(22(29)17-4-8-19(26)9-5-17)23(30)24(31)28(21)11-1-10-27-12-14-32-15-13-27/h2-9,21,29H,1,10-15H2/b22-20+/t21-/m0/s1. The van der Waals surface area contributed by atoms with E-state index in [-0.39, 0.29) is 16.9 Å². The smallest absolute Gasteiger partial charge is 0.295 e. The third-order valence-electron chi connectivity index (χ3n) is 5.82. The fourth-order valence-corrected chi connectivity index (χ4v) is 4.28. The number of carbonyl (C=O) groups is 2. The molecule has 168 valence electrons. The molecule has 1 amide bonds. The first kappa shape index (κ1) is 22.5. The summed E-state index contributed by atoms with van der Waals surface area (Å²) < 4.78 is 18.7. The predicted octanol–water partition coefficient (Wildman–Crippen LogP) is 3.62. The molecule has 2 fully saturated rings. The first-order valence-electron chi connectivity index (χ1n) is 10.6. The number of ketones is 1.